The highest BCUT2D eigenvalue weighted by atomic mass is 19.1. The Labute approximate surface area is 121 Å². The van der Waals surface area contributed by atoms with Crippen LogP contribution in [0.15, 0.2) is 18.2 Å². The summed E-state index contributed by atoms with van der Waals surface area (Å²) in [7, 11) is 4.06. The van der Waals surface area contributed by atoms with Crippen LogP contribution in [0, 0.1) is 23.1 Å². The first kappa shape index (κ1) is 16.6. The van der Waals surface area contributed by atoms with Gasteiger partial charge in [0.2, 0.25) is 0 Å². The molecule has 0 radical (unpaired) electrons. The zero-order valence-electron chi connectivity index (χ0n) is 12.9. The summed E-state index contributed by atoms with van der Waals surface area (Å²) in [5.74, 6) is 0.146. The Bertz CT molecular complexity index is 463. The van der Waals surface area contributed by atoms with Gasteiger partial charge in [0.05, 0.1) is 5.56 Å². The monoisotopic (exact) mass is 277 g/mol. The number of hydrogen-bond donors (Lipinski definition) is 0. The van der Waals surface area contributed by atoms with Gasteiger partial charge in [0.15, 0.2) is 0 Å². The highest BCUT2D eigenvalue weighted by molar-refractivity contribution is 5.34. The van der Waals surface area contributed by atoms with Crippen molar-refractivity contribution in [1.82, 2.24) is 9.80 Å². The second-order valence-electron chi connectivity index (χ2n) is 5.82. The zero-order chi connectivity index (χ0) is 15.1. The van der Waals surface area contributed by atoms with Crippen LogP contribution in [-0.4, -0.2) is 43.5 Å². The SMILES string of the molecule is CC(C)CN(CCN(C)C)Cc1cccc(C#N)c1F. The van der Waals surface area contributed by atoms with Crippen LogP contribution in [0.25, 0.3) is 0 Å². The van der Waals surface area contributed by atoms with Crippen molar-refractivity contribution in [2.45, 2.75) is 20.4 Å². The molecule has 0 spiro atoms. The van der Waals surface area contributed by atoms with E-state index in [1.807, 2.05) is 20.2 Å². The number of nitrogens with zero attached hydrogens (tertiary/aromatic N) is 3. The van der Waals surface area contributed by atoms with Gasteiger partial charge in [0.1, 0.15) is 11.9 Å². The topological polar surface area (TPSA) is 30.3 Å². The number of rotatable bonds is 7. The van der Waals surface area contributed by atoms with E-state index in [4.69, 9.17) is 5.26 Å². The molecular weight excluding hydrogens is 253 g/mol. The van der Waals surface area contributed by atoms with Crippen LogP contribution in [-0.2, 0) is 6.54 Å². The quantitative estimate of drug-likeness (QED) is 0.767. The molecule has 0 amide bonds. The third-order valence-electron chi connectivity index (χ3n) is 3.08. The van der Waals surface area contributed by atoms with Gasteiger partial charge in [-0.25, -0.2) is 4.39 Å². The van der Waals surface area contributed by atoms with Crippen LogP contribution in [0.5, 0.6) is 0 Å². The highest BCUT2D eigenvalue weighted by Crippen LogP contribution is 2.15. The van der Waals surface area contributed by atoms with Gasteiger partial charge in [-0.05, 0) is 26.1 Å². The lowest BCUT2D eigenvalue weighted by atomic mass is 10.1. The first-order valence-electron chi connectivity index (χ1n) is 6.98. The molecule has 0 aliphatic rings. The first-order valence-corrected chi connectivity index (χ1v) is 6.98. The fourth-order valence-corrected chi connectivity index (χ4v) is 2.12. The van der Waals surface area contributed by atoms with Crippen molar-refractivity contribution in [1.29, 1.82) is 5.26 Å². The maximum Gasteiger partial charge on any atom is 0.145 e. The van der Waals surface area contributed by atoms with E-state index < -0.39 is 0 Å². The Balaban J connectivity index is 2.81. The number of likely N-dealkylation sites (N-methyl/N-ethyl adjacent to an activating group) is 1. The van der Waals surface area contributed by atoms with Crippen LogP contribution in [0.3, 0.4) is 0 Å². The van der Waals surface area contributed by atoms with Gasteiger partial charge in [-0.1, -0.05) is 26.0 Å². The van der Waals surface area contributed by atoms with E-state index in [1.165, 1.54) is 6.07 Å². The first-order chi connectivity index (χ1) is 9.43. The molecule has 20 heavy (non-hydrogen) atoms. The third-order valence-corrected chi connectivity index (χ3v) is 3.08. The number of halogens is 1. The van der Waals surface area contributed by atoms with E-state index in [1.54, 1.807) is 12.1 Å². The summed E-state index contributed by atoms with van der Waals surface area (Å²) in [6, 6.07) is 6.93. The predicted octanol–water partition coefficient (Wildman–Crippen LogP) is 2.72. The smallest absolute Gasteiger partial charge is 0.145 e. The van der Waals surface area contributed by atoms with Crippen LogP contribution in [0.4, 0.5) is 4.39 Å². The standard InChI is InChI=1S/C16H24FN3/c1-13(2)11-20(9-8-19(3)4)12-15-7-5-6-14(10-18)16(15)17/h5-7,13H,8-9,11-12H2,1-4H3. The van der Waals surface area contributed by atoms with Gasteiger partial charge in [0, 0.05) is 31.7 Å². The molecule has 0 heterocycles. The fourth-order valence-electron chi connectivity index (χ4n) is 2.12. The summed E-state index contributed by atoms with van der Waals surface area (Å²) in [5, 5.41) is 8.89. The Morgan fingerprint density at radius 2 is 1.95 bits per heavy atom. The van der Waals surface area contributed by atoms with Gasteiger partial charge >= 0.3 is 0 Å². The summed E-state index contributed by atoms with van der Waals surface area (Å²) in [4.78, 5) is 4.36. The summed E-state index contributed by atoms with van der Waals surface area (Å²) in [6.07, 6.45) is 0. The average Bonchev–Trinajstić information content (AvgIpc) is 2.37. The van der Waals surface area contributed by atoms with E-state index in [0.29, 0.717) is 18.0 Å². The molecule has 0 aliphatic carbocycles. The molecule has 110 valence electrons. The van der Waals surface area contributed by atoms with Gasteiger partial charge in [-0.3, -0.25) is 4.90 Å². The maximum atomic E-state index is 14.1. The second-order valence-corrected chi connectivity index (χ2v) is 5.82. The van der Waals surface area contributed by atoms with Gasteiger partial charge < -0.3 is 4.90 Å². The molecule has 0 atom stereocenters. The Kier molecular flexibility index (Phi) is 6.63. The Hall–Kier alpha value is -1.44. The van der Waals surface area contributed by atoms with Gasteiger partial charge in [0.25, 0.3) is 0 Å². The van der Waals surface area contributed by atoms with Crippen molar-refractivity contribution >= 4 is 0 Å². The summed E-state index contributed by atoms with van der Waals surface area (Å²) in [6.45, 7) is 7.61. The largest absolute Gasteiger partial charge is 0.308 e. The minimum atomic E-state index is -0.381. The molecule has 3 nitrogen and oxygen atoms in total. The Morgan fingerprint density at radius 3 is 2.50 bits per heavy atom. The maximum absolute atomic E-state index is 14.1. The molecule has 0 saturated carbocycles. The number of benzene rings is 1. The molecule has 0 saturated heterocycles. The summed E-state index contributed by atoms with van der Waals surface area (Å²) < 4.78 is 14.1. The van der Waals surface area contributed by atoms with E-state index in [2.05, 4.69) is 23.6 Å². The molecule has 0 aliphatic heterocycles. The molecule has 0 fully saturated rings. The van der Waals surface area contributed by atoms with Crippen LogP contribution in [0.1, 0.15) is 25.0 Å². The minimum absolute atomic E-state index is 0.125. The molecular formula is C16H24FN3. The van der Waals surface area contributed by atoms with Crippen LogP contribution in [0.2, 0.25) is 0 Å². The van der Waals surface area contributed by atoms with Crippen molar-refractivity contribution < 1.29 is 4.39 Å². The summed E-state index contributed by atoms with van der Waals surface area (Å²) in [5.41, 5.74) is 0.725. The number of hydrogen-bond acceptors (Lipinski definition) is 3. The lowest BCUT2D eigenvalue weighted by Gasteiger charge is -2.26. The van der Waals surface area contributed by atoms with E-state index in [9.17, 15) is 4.39 Å². The van der Waals surface area contributed by atoms with Crippen molar-refractivity contribution in [3.05, 3.63) is 35.1 Å². The van der Waals surface area contributed by atoms with Crippen molar-refractivity contribution in [3.63, 3.8) is 0 Å². The predicted molar refractivity (Wildman–Crippen MR) is 79.8 cm³/mol. The van der Waals surface area contributed by atoms with E-state index >= 15 is 0 Å². The molecule has 0 unspecified atom stereocenters. The van der Waals surface area contributed by atoms with Crippen LogP contribution >= 0.6 is 0 Å². The molecule has 0 N–H and O–H groups in total. The molecule has 1 rings (SSSR count). The van der Waals surface area contributed by atoms with Crippen molar-refractivity contribution in [3.8, 4) is 6.07 Å². The fraction of sp³-hybridized carbons (Fsp3) is 0.562. The lowest BCUT2D eigenvalue weighted by Crippen LogP contribution is -2.34. The second kappa shape index (κ2) is 7.98. The molecule has 4 heteroatoms. The summed E-state index contributed by atoms with van der Waals surface area (Å²) >= 11 is 0. The molecule has 0 aromatic heterocycles. The number of nitriles is 1. The van der Waals surface area contributed by atoms with Crippen molar-refractivity contribution in [2.24, 2.45) is 5.92 Å². The van der Waals surface area contributed by atoms with Crippen molar-refractivity contribution in [2.75, 3.05) is 33.7 Å². The molecule has 0 bridgehead atoms. The lowest BCUT2D eigenvalue weighted by molar-refractivity contribution is 0.209. The minimum Gasteiger partial charge on any atom is -0.308 e. The van der Waals surface area contributed by atoms with Crippen LogP contribution < -0.4 is 0 Å². The van der Waals surface area contributed by atoms with Gasteiger partial charge in [-0.15, -0.1) is 0 Å². The highest BCUT2D eigenvalue weighted by Gasteiger charge is 2.13. The van der Waals surface area contributed by atoms with E-state index in [0.717, 1.165) is 19.6 Å². The normalized spacial score (nSPS) is 11.3. The third kappa shape index (κ3) is 5.28. The average molecular weight is 277 g/mol. The molecule has 1 aromatic rings. The Morgan fingerprint density at radius 1 is 1.25 bits per heavy atom. The van der Waals surface area contributed by atoms with E-state index in [-0.39, 0.29) is 11.4 Å². The van der Waals surface area contributed by atoms with Gasteiger partial charge in [-0.2, -0.15) is 5.26 Å². The molecule has 1 aromatic carbocycles. The zero-order valence-corrected chi connectivity index (χ0v) is 12.9.